The maximum atomic E-state index is 12.3. The van der Waals surface area contributed by atoms with E-state index < -0.39 is 0 Å². The first-order chi connectivity index (χ1) is 10.2. The van der Waals surface area contributed by atoms with Crippen molar-refractivity contribution >= 4 is 44.5 Å². The van der Waals surface area contributed by atoms with Gasteiger partial charge in [-0.1, -0.05) is 0 Å². The molecule has 1 amide bonds. The number of rotatable bonds is 4. The second-order valence-electron chi connectivity index (χ2n) is 5.18. The number of carbonyl (C=O) groups is 1. The number of halogens is 1. The molecular weight excluding hydrogens is 370 g/mol. The molecule has 1 fully saturated rings. The first-order valence-corrected chi connectivity index (χ1v) is 9.37. The molecule has 0 saturated carbocycles. The lowest BCUT2D eigenvalue weighted by atomic mass is 10.1. The zero-order chi connectivity index (χ0) is 14.8. The SMILES string of the molecule is NCC1CCN(C(=O)Cc2csc(-c3cc(Br)cs3)n2)C1. The van der Waals surface area contributed by atoms with Gasteiger partial charge in [-0.2, -0.15) is 0 Å². The summed E-state index contributed by atoms with van der Waals surface area (Å²) < 4.78 is 1.07. The number of likely N-dealkylation sites (tertiary alicyclic amines) is 1. The minimum absolute atomic E-state index is 0.162. The number of nitrogens with two attached hydrogens (primary N) is 1. The molecule has 1 aliphatic heterocycles. The number of thiophene rings is 1. The average molecular weight is 386 g/mol. The van der Waals surface area contributed by atoms with Crippen molar-refractivity contribution in [1.29, 1.82) is 0 Å². The highest BCUT2D eigenvalue weighted by Crippen LogP contribution is 2.32. The van der Waals surface area contributed by atoms with E-state index in [1.165, 1.54) is 0 Å². The topological polar surface area (TPSA) is 59.2 Å². The van der Waals surface area contributed by atoms with Crippen molar-refractivity contribution < 1.29 is 4.79 Å². The molecule has 112 valence electrons. The second-order valence-corrected chi connectivity index (χ2v) is 7.87. The van der Waals surface area contributed by atoms with Crippen molar-refractivity contribution in [2.75, 3.05) is 19.6 Å². The van der Waals surface area contributed by atoms with E-state index >= 15 is 0 Å². The number of hydrogen-bond donors (Lipinski definition) is 1. The van der Waals surface area contributed by atoms with Crippen LogP contribution in [0.25, 0.3) is 9.88 Å². The van der Waals surface area contributed by atoms with Gasteiger partial charge in [0, 0.05) is 28.3 Å². The Bertz CT molecular complexity index is 640. The zero-order valence-corrected chi connectivity index (χ0v) is 14.6. The predicted molar refractivity (Wildman–Crippen MR) is 90.6 cm³/mol. The summed E-state index contributed by atoms with van der Waals surface area (Å²) >= 11 is 6.70. The van der Waals surface area contributed by atoms with Gasteiger partial charge in [-0.25, -0.2) is 4.98 Å². The Morgan fingerprint density at radius 1 is 1.48 bits per heavy atom. The van der Waals surface area contributed by atoms with Crippen molar-refractivity contribution in [3.8, 4) is 9.88 Å². The molecule has 3 rings (SSSR count). The number of hydrogen-bond acceptors (Lipinski definition) is 5. The third kappa shape index (κ3) is 3.53. The van der Waals surface area contributed by atoms with Crippen LogP contribution >= 0.6 is 38.6 Å². The highest BCUT2D eigenvalue weighted by Gasteiger charge is 2.25. The quantitative estimate of drug-likeness (QED) is 0.879. The molecule has 7 heteroatoms. The molecule has 21 heavy (non-hydrogen) atoms. The van der Waals surface area contributed by atoms with E-state index in [2.05, 4.69) is 27.0 Å². The van der Waals surface area contributed by atoms with E-state index in [1.54, 1.807) is 22.7 Å². The number of thiazole rings is 1. The predicted octanol–water partition coefficient (Wildman–Crippen LogP) is 2.98. The molecule has 0 aliphatic carbocycles. The number of nitrogens with zero attached hydrogens (tertiary/aromatic N) is 2. The first kappa shape index (κ1) is 15.1. The monoisotopic (exact) mass is 385 g/mol. The molecule has 1 saturated heterocycles. The smallest absolute Gasteiger partial charge is 0.228 e. The maximum absolute atomic E-state index is 12.3. The van der Waals surface area contributed by atoms with E-state index in [4.69, 9.17) is 5.73 Å². The Labute approximate surface area is 140 Å². The van der Waals surface area contributed by atoms with Crippen molar-refractivity contribution in [3.63, 3.8) is 0 Å². The van der Waals surface area contributed by atoms with Crippen LogP contribution in [0.5, 0.6) is 0 Å². The van der Waals surface area contributed by atoms with Gasteiger partial charge in [0.1, 0.15) is 5.01 Å². The summed E-state index contributed by atoms with van der Waals surface area (Å²) in [5.74, 6) is 0.624. The van der Waals surface area contributed by atoms with Crippen molar-refractivity contribution in [1.82, 2.24) is 9.88 Å². The molecule has 2 aromatic rings. The summed E-state index contributed by atoms with van der Waals surface area (Å²) in [5.41, 5.74) is 6.53. The van der Waals surface area contributed by atoms with Gasteiger partial charge in [-0.05, 0) is 40.9 Å². The Balaban J connectivity index is 1.63. The fourth-order valence-corrected chi connectivity index (χ4v) is 4.77. The number of amides is 1. The first-order valence-electron chi connectivity index (χ1n) is 6.82. The maximum Gasteiger partial charge on any atom is 0.228 e. The van der Waals surface area contributed by atoms with Crippen LogP contribution < -0.4 is 5.73 Å². The van der Waals surface area contributed by atoms with Crippen LogP contribution in [0, 0.1) is 5.92 Å². The van der Waals surface area contributed by atoms with E-state index in [0.29, 0.717) is 18.9 Å². The van der Waals surface area contributed by atoms with Crippen molar-refractivity contribution in [2.45, 2.75) is 12.8 Å². The standard InChI is InChI=1S/C14H16BrN3OS2/c15-10-3-12(20-7-10)14-17-11(8-21-14)4-13(19)18-2-1-9(5-16)6-18/h3,7-9H,1-2,4-6,16H2. The Hall–Kier alpha value is -0.760. The largest absolute Gasteiger partial charge is 0.342 e. The van der Waals surface area contributed by atoms with Crippen molar-refractivity contribution in [2.24, 2.45) is 11.7 Å². The molecule has 3 heterocycles. The van der Waals surface area contributed by atoms with Crippen LogP contribution in [0.3, 0.4) is 0 Å². The minimum atomic E-state index is 0.162. The lowest BCUT2D eigenvalue weighted by Crippen LogP contribution is -2.31. The highest BCUT2D eigenvalue weighted by atomic mass is 79.9. The highest BCUT2D eigenvalue weighted by molar-refractivity contribution is 9.10. The Kier molecular flexibility index (Phi) is 4.73. The lowest BCUT2D eigenvalue weighted by Gasteiger charge is -2.15. The lowest BCUT2D eigenvalue weighted by molar-refractivity contribution is -0.129. The Morgan fingerprint density at radius 3 is 3.00 bits per heavy atom. The van der Waals surface area contributed by atoms with Gasteiger partial charge in [0.15, 0.2) is 0 Å². The van der Waals surface area contributed by atoms with Gasteiger partial charge in [-0.15, -0.1) is 22.7 Å². The van der Waals surface area contributed by atoms with Crippen LogP contribution in [0.4, 0.5) is 0 Å². The Morgan fingerprint density at radius 2 is 2.33 bits per heavy atom. The molecule has 1 aliphatic rings. The molecule has 2 aromatic heterocycles. The fourth-order valence-electron chi connectivity index (χ4n) is 2.44. The molecule has 1 unspecified atom stereocenters. The van der Waals surface area contributed by atoms with Crippen LogP contribution in [-0.4, -0.2) is 35.4 Å². The van der Waals surface area contributed by atoms with Crippen LogP contribution in [0.15, 0.2) is 21.3 Å². The minimum Gasteiger partial charge on any atom is -0.342 e. The van der Waals surface area contributed by atoms with Crippen LogP contribution in [-0.2, 0) is 11.2 Å². The van der Waals surface area contributed by atoms with E-state index in [0.717, 1.165) is 39.6 Å². The molecular formula is C14H16BrN3OS2. The van der Waals surface area contributed by atoms with Gasteiger partial charge in [-0.3, -0.25) is 4.79 Å². The van der Waals surface area contributed by atoms with Crippen molar-refractivity contribution in [3.05, 3.63) is 27.0 Å². The molecule has 0 bridgehead atoms. The summed E-state index contributed by atoms with van der Waals surface area (Å²) in [7, 11) is 0. The van der Waals surface area contributed by atoms with Crippen LogP contribution in [0.1, 0.15) is 12.1 Å². The van der Waals surface area contributed by atoms with Crippen LogP contribution in [0.2, 0.25) is 0 Å². The van der Waals surface area contributed by atoms with E-state index in [1.807, 2.05) is 15.7 Å². The fraction of sp³-hybridized carbons (Fsp3) is 0.429. The van der Waals surface area contributed by atoms with Gasteiger partial charge < -0.3 is 10.6 Å². The summed E-state index contributed by atoms with van der Waals surface area (Å²) in [4.78, 5) is 19.9. The van der Waals surface area contributed by atoms with E-state index in [-0.39, 0.29) is 5.91 Å². The number of aromatic nitrogens is 1. The van der Waals surface area contributed by atoms with Gasteiger partial charge in [0.05, 0.1) is 17.0 Å². The molecule has 0 aromatic carbocycles. The molecule has 2 N–H and O–H groups in total. The molecule has 1 atom stereocenters. The summed E-state index contributed by atoms with van der Waals surface area (Å²) in [6.45, 7) is 2.29. The molecule has 0 spiro atoms. The third-order valence-electron chi connectivity index (χ3n) is 3.63. The summed E-state index contributed by atoms with van der Waals surface area (Å²) in [6, 6.07) is 2.06. The number of carbonyl (C=O) groups excluding carboxylic acids is 1. The van der Waals surface area contributed by atoms with E-state index in [9.17, 15) is 4.79 Å². The van der Waals surface area contributed by atoms with Gasteiger partial charge >= 0.3 is 0 Å². The normalized spacial score (nSPS) is 18.4. The van der Waals surface area contributed by atoms with Gasteiger partial charge in [0.25, 0.3) is 0 Å². The summed E-state index contributed by atoms with van der Waals surface area (Å²) in [6.07, 6.45) is 1.41. The summed E-state index contributed by atoms with van der Waals surface area (Å²) in [5, 5.41) is 5.01. The average Bonchev–Trinajstić information content (AvgIpc) is 3.17. The molecule has 0 radical (unpaired) electrons. The zero-order valence-electron chi connectivity index (χ0n) is 11.4. The van der Waals surface area contributed by atoms with Gasteiger partial charge in [0.2, 0.25) is 5.91 Å². The second kappa shape index (κ2) is 6.56. The molecule has 4 nitrogen and oxygen atoms in total. The third-order valence-corrected chi connectivity index (χ3v) is 6.39.